The third kappa shape index (κ3) is 4.95. The highest BCUT2D eigenvalue weighted by molar-refractivity contribution is 7.13. The molecule has 5 nitrogen and oxygen atoms in total. The monoisotopic (exact) mass is 317 g/mol. The molecule has 0 atom stereocenters. The van der Waals surface area contributed by atoms with Crippen molar-refractivity contribution >= 4 is 28.1 Å². The van der Waals surface area contributed by atoms with Crippen LogP contribution in [0.3, 0.4) is 0 Å². The van der Waals surface area contributed by atoms with Crippen LogP contribution in [0.4, 0.5) is 24.0 Å². The molecule has 0 unspecified atom stereocenters. The van der Waals surface area contributed by atoms with Gasteiger partial charge in [-0.1, -0.05) is 0 Å². The lowest BCUT2D eigenvalue weighted by molar-refractivity contribution is -0.274. The minimum atomic E-state index is -4.74. The first-order valence-electron chi connectivity index (χ1n) is 5.67. The topological polar surface area (TPSA) is 77.2 Å². The molecule has 0 saturated heterocycles. The lowest BCUT2D eigenvalue weighted by Gasteiger charge is -2.09. The zero-order valence-corrected chi connectivity index (χ0v) is 11.3. The number of carbonyl (C=O) groups excluding carboxylic acids is 1. The fraction of sp³-hybridized carbons (Fsp3) is 0.167. The molecule has 21 heavy (non-hydrogen) atoms. The summed E-state index contributed by atoms with van der Waals surface area (Å²) in [5.74, 6) is -0.697. The van der Waals surface area contributed by atoms with Crippen LogP contribution < -0.4 is 15.8 Å². The van der Waals surface area contributed by atoms with Crippen molar-refractivity contribution in [3.63, 3.8) is 0 Å². The maximum Gasteiger partial charge on any atom is 0.573 e. The second-order valence-electron chi connectivity index (χ2n) is 3.97. The molecule has 1 heterocycles. The Kier molecular flexibility index (Phi) is 4.32. The van der Waals surface area contributed by atoms with Crippen molar-refractivity contribution in [2.45, 2.75) is 12.8 Å². The number of hydrogen-bond donors (Lipinski definition) is 2. The number of benzene rings is 1. The van der Waals surface area contributed by atoms with Crippen LogP contribution in [-0.2, 0) is 11.2 Å². The Bertz CT molecular complexity index is 625. The van der Waals surface area contributed by atoms with E-state index in [-0.39, 0.29) is 18.1 Å². The fourth-order valence-corrected chi connectivity index (χ4v) is 2.08. The summed E-state index contributed by atoms with van der Waals surface area (Å²) in [5, 5.41) is 4.57. The van der Waals surface area contributed by atoms with Crippen molar-refractivity contribution in [2.75, 3.05) is 11.1 Å². The fourth-order valence-electron chi connectivity index (χ4n) is 1.51. The third-order valence-corrected chi connectivity index (χ3v) is 3.01. The molecule has 0 aliphatic heterocycles. The number of carbonyl (C=O) groups is 1. The number of ether oxygens (including phenoxy) is 1. The van der Waals surface area contributed by atoms with Gasteiger partial charge in [-0.25, -0.2) is 4.98 Å². The van der Waals surface area contributed by atoms with E-state index in [1.807, 2.05) is 0 Å². The second kappa shape index (κ2) is 6.00. The average molecular weight is 317 g/mol. The number of nitrogens with one attached hydrogen (secondary N) is 1. The number of aromatic nitrogens is 1. The maximum absolute atomic E-state index is 12.0. The molecule has 0 fully saturated rings. The Morgan fingerprint density at radius 2 is 2.00 bits per heavy atom. The van der Waals surface area contributed by atoms with E-state index in [2.05, 4.69) is 15.0 Å². The lowest BCUT2D eigenvalue weighted by atomic mass is 10.2. The Morgan fingerprint density at radius 1 is 1.33 bits per heavy atom. The lowest BCUT2D eigenvalue weighted by Crippen LogP contribution is -2.17. The summed E-state index contributed by atoms with van der Waals surface area (Å²) in [4.78, 5) is 15.6. The summed E-state index contributed by atoms with van der Waals surface area (Å²) >= 11 is 1.22. The van der Waals surface area contributed by atoms with Gasteiger partial charge in [0.25, 0.3) is 0 Å². The Hall–Kier alpha value is -2.29. The molecule has 0 bridgehead atoms. The molecule has 1 amide bonds. The molecule has 0 aliphatic rings. The molecule has 112 valence electrons. The van der Waals surface area contributed by atoms with Gasteiger partial charge in [-0.3, -0.25) is 4.79 Å². The summed E-state index contributed by atoms with van der Waals surface area (Å²) in [6, 6.07) is 4.86. The van der Waals surface area contributed by atoms with Crippen molar-refractivity contribution in [1.29, 1.82) is 0 Å². The largest absolute Gasteiger partial charge is 0.573 e. The van der Waals surface area contributed by atoms with E-state index in [9.17, 15) is 18.0 Å². The standard InChI is InChI=1S/C12H10F3N3O2S/c13-12(14,15)20-9-3-1-7(2-4-9)17-10(19)5-8-6-21-11(16)18-8/h1-4,6H,5H2,(H2,16,18)(H,17,19). The van der Waals surface area contributed by atoms with E-state index in [1.165, 1.54) is 23.5 Å². The summed E-state index contributed by atoms with van der Waals surface area (Å²) in [7, 11) is 0. The van der Waals surface area contributed by atoms with Gasteiger partial charge in [0, 0.05) is 11.1 Å². The number of nitrogens with two attached hydrogens (primary N) is 1. The molecule has 0 radical (unpaired) electrons. The van der Waals surface area contributed by atoms with Crippen LogP contribution in [0.5, 0.6) is 5.75 Å². The van der Waals surface area contributed by atoms with Gasteiger partial charge in [0.15, 0.2) is 5.13 Å². The van der Waals surface area contributed by atoms with E-state index in [0.717, 1.165) is 12.1 Å². The number of nitrogen functional groups attached to an aromatic ring is 1. The van der Waals surface area contributed by atoms with Crippen LogP contribution >= 0.6 is 11.3 Å². The van der Waals surface area contributed by atoms with Crippen LogP contribution in [0.2, 0.25) is 0 Å². The van der Waals surface area contributed by atoms with Gasteiger partial charge >= 0.3 is 6.36 Å². The van der Waals surface area contributed by atoms with Crippen molar-refractivity contribution in [2.24, 2.45) is 0 Å². The third-order valence-electron chi connectivity index (χ3n) is 2.28. The molecule has 9 heteroatoms. The summed E-state index contributed by atoms with van der Waals surface area (Å²) in [5.41, 5.74) is 6.34. The molecule has 1 aromatic heterocycles. The van der Waals surface area contributed by atoms with Crippen LogP contribution in [0.25, 0.3) is 0 Å². The first-order chi connectivity index (χ1) is 9.82. The van der Waals surface area contributed by atoms with Gasteiger partial charge < -0.3 is 15.8 Å². The predicted octanol–water partition coefficient (Wildman–Crippen LogP) is 2.81. The summed E-state index contributed by atoms with van der Waals surface area (Å²) in [6.07, 6.45) is -4.70. The zero-order chi connectivity index (χ0) is 15.5. The molecule has 0 saturated carbocycles. The minimum absolute atomic E-state index is 0.0362. The second-order valence-corrected chi connectivity index (χ2v) is 4.86. The van der Waals surface area contributed by atoms with Crippen molar-refractivity contribution in [3.8, 4) is 5.75 Å². The number of alkyl halides is 3. The molecule has 0 aliphatic carbocycles. The zero-order valence-electron chi connectivity index (χ0n) is 10.5. The van der Waals surface area contributed by atoms with Crippen molar-refractivity contribution in [1.82, 2.24) is 4.98 Å². The first-order valence-corrected chi connectivity index (χ1v) is 6.55. The average Bonchev–Trinajstić information content (AvgIpc) is 2.75. The van der Waals surface area contributed by atoms with Gasteiger partial charge in [-0.15, -0.1) is 24.5 Å². The van der Waals surface area contributed by atoms with Crippen molar-refractivity contribution in [3.05, 3.63) is 35.3 Å². The molecular weight excluding hydrogens is 307 g/mol. The maximum atomic E-state index is 12.0. The SMILES string of the molecule is Nc1nc(CC(=O)Nc2ccc(OC(F)(F)F)cc2)cs1. The quantitative estimate of drug-likeness (QED) is 0.909. The Labute approximate surface area is 121 Å². The van der Waals surface area contributed by atoms with E-state index in [1.54, 1.807) is 5.38 Å². The van der Waals surface area contributed by atoms with Crippen LogP contribution in [0, 0.1) is 0 Å². The molecule has 0 spiro atoms. The molecule has 3 N–H and O–H groups in total. The smallest absolute Gasteiger partial charge is 0.406 e. The highest BCUT2D eigenvalue weighted by Gasteiger charge is 2.30. The number of thiazole rings is 1. The van der Waals surface area contributed by atoms with Gasteiger partial charge in [0.1, 0.15) is 5.75 Å². The summed E-state index contributed by atoms with van der Waals surface area (Å²) in [6.45, 7) is 0. The normalized spacial score (nSPS) is 11.2. The molecular formula is C12H10F3N3O2S. The minimum Gasteiger partial charge on any atom is -0.406 e. The van der Waals surface area contributed by atoms with Gasteiger partial charge in [-0.2, -0.15) is 0 Å². The predicted molar refractivity (Wildman–Crippen MR) is 72.0 cm³/mol. The molecule has 2 aromatic rings. The van der Waals surface area contributed by atoms with E-state index in [0.29, 0.717) is 16.5 Å². The van der Waals surface area contributed by atoms with Crippen LogP contribution in [-0.4, -0.2) is 17.3 Å². The van der Waals surface area contributed by atoms with Gasteiger partial charge in [0.05, 0.1) is 12.1 Å². The number of nitrogens with zero attached hydrogens (tertiary/aromatic N) is 1. The highest BCUT2D eigenvalue weighted by Crippen LogP contribution is 2.24. The van der Waals surface area contributed by atoms with E-state index >= 15 is 0 Å². The van der Waals surface area contributed by atoms with E-state index < -0.39 is 6.36 Å². The molecule has 2 rings (SSSR count). The Morgan fingerprint density at radius 3 is 2.52 bits per heavy atom. The number of amides is 1. The number of rotatable bonds is 4. The summed E-state index contributed by atoms with van der Waals surface area (Å²) < 4.78 is 39.7. The number of hydrogen-bond acceptors (Lipinski definition) is 5. The van der Waals surface area contributed by atoms with Crippen molar-refractivity contribution < 1.29 is 22.7 Å². The first kappa shape index (κ1) is 15.1. The molecule has 1 aromatic carbocycles. The van der Waals surface area contributed by atoms with Gasteiger partial charge in [-0.05, 0) is 24.3 Å². The highest BCUT2D eigenvalue weighted by atomic mass is 32.1. The van der Waals surface area contributed by atoms with Crippen LogP contribution in [0.1, 0.15) is 5.69 Å². The number of anilines is 2. The van der Waals surface area contributed by atoms with Gasteiger partial charge in [0.2, 0.25) is 5.91 Å². The Balaban J connectivity index is 1.92. The number of halogens is 3. The van der Waals surface area contributed by atoms with E-state index in [4.69, 9.17) is 5.73 Å². The van der Waals surface area contributed by atoms with Crippen LogP contribution in [0.15, 0.2) is 29.6 Å².